The van der Waals surface area contributed by atoms with E-state index in [4.69, 9.17) is 0 Å². The molecule has 0 unspecified atom stereocenters. The Bertz CT molecular complexity index is 737. The third-order valence-electron chi connectivity index (χ3n) is 4.07. The van der Waals surface area contributed by atoms with Crippen molar-refractivity contribution in [2.45, 2.75) is 0 Å². The molecule has 0 atom stereocenters. The van der Waals surface area contributed by atoms with Gasteiger partial charge in [-0.2, -0.15) is 5.10 Å². The number of carbonyl (C=O) groups excluding carboxylic acids is 1. The summed E-state index contributed by atoms with van der Waals surface area (Å²) >= 11 is 0. The van der Waals surface area contributed by atoms with Crippen molar-refractivity contribution >= 4 is 11.6 Å². The topological polar surface area (TPSA) is 105 Å². The van der Waals surface area contributed by atoms with E-state index in [1.54, 1.807) is 24.4 Å². The van der Waals surface area contributed by atoms with Crippen molar-refractivity contribution in [1.29, 1.82) is 0 Å². The highest BCUT2D eigenvalue weighted by atomic mass is 16.6. The van der Waals surface area contributed by atoms with Crippen LogP contribution < -0.4 is 10.6 Å². The number of hydrogen-bond acceptors (Lipinski definition) is 6. The summed E-state index contributed by atoms with van der Waals surface area (Å²) in [4.78, 5) is 24.7. The molecule has 2 aromatic rings. The lowest BCUT2D eigenvalue weighted by Crippen LogP contribution is -2.46. The second-order valence-electron chi connectivity index (χ2n) is 5.77. The van der Waals surface area contributed by atoms with E-state index in [0.29, 0.717) is 17.9 Å². The highest BCUT2D eigenvalue weighted by Gasteiger charge is 2.13. The third kappa shape index (κ3) is 4.40. The summed E-state index contributed by atoms with van der Waals surface area (Å²) in [6.45, 7) is 5.33. The number of rotatable bonds is 6. The first-order chi connectivity index (χ1) is 12.1. The molecule has 0 spiro atoms. The standard InChI is InChI=1S/C16H20N6O3/c23-16(18-8-12-20-10-6-17-7-11-20)15-5-9-21(19-15)13-1-3-14(4-2-13)22(24)25/h1-5,9,17H,6-8,10-12H2,(H,18,23). The molecule has 1 amide bonds. The van der Waals surface area contributed by atoms with E-state index in [9.17, 15) is 14.9 Å². The monoisotopic (exact) mass is 344 g/mol. The Hall–Kier alpha value is -2.78. The maximum absolute atomic E-state index is 12.2. The molecular formula is C16H20N6O3. The lowest BCUT2D eigenvalue weighted by atomic mass is 10.3. The number of nitro benzene ring substituents is 1. The van der Waals surface area contributed by atoms with Gasteiger partial charge in [0.25, 0.3) is 11.6 Å². The molecule has 1 fully saturated rings. The van der Waals surface area contributed by atoms with Crippen molar-refractivity contribution in [1.82, 2.24) is 25.3 Å². The summed E-state index contributed by atoms with van der Waals surface area (Å²) in [7, 11) is 0. The van der Waals surface area contributed by atoms with E-state index in [1.807, 2.05) is 0 Å². The van der Waals surface area contributed by atoms with Gasteiger partial charge in [0, 0.05) is 57.6 Å². The second kappa shape index (κ2) is 7.86. The van der Waals surface area contributed by atoms with E-state index < -0.39 is 4.92 Å². The van der Waals surface area contributed by atoms with Gasteiger partial charge in [-0.1, -0.05) is 0 Å². The van der Waals surface area contributed by atoms with Gasteiger partial charge in [0.1, 0.15) is 0 Å². The molecule has 0 aliphatic carbocycles. The largest absolute Gasteiger partial charge is 0.349 e. The number of aromatic nitrogens is 2. The van der Waals surface area contributed by atoms with Crippen LogP contribution in [-0.4, -0.2) is 64.8 Å². The Balaban J connectivity index is 1.54. The molecule has 1 aliphatic heterocycles. The molecule has 0 bridgehead atoms. The summed E-state index contributed by atoms with van der Waals surface area (Å²) in [6.07, 6.45) is 1.66. The summed E-state index contributed by atoms with van der Waals surface area (Å²) in [5.74, 6) is -0.226. The predicted molar refractivity (Wildman–Crippen MR) is 91.9 cm³/mol. The van der Waals surface area contributed by atoms with Crippen LogP contribution in [0.15, 0.2) is 36.5 Å². The van der Waals surface area contributed by atoms with Gasteiger partial charge in [0.05, 0.1) is 10.6 Å². The van der Waals surface area contributed by atoms with Crippen molar-refractivity contribution in [2.75, 3.05) is 39.3 Å². The molecule has 9 heteroatoms. The van der Waals surface area contributed by atoms with Crippen molar-refractivity contribution < 1.29 is 9.72 Å². The number of nitro groups is 1. The van der Waals surface area contributed by atoms with Crippen LogP contribution in [0.3, 0.4) is 0 Å². The van der Waals surface area contributed by atoms with Crippen LogP contribution in [0.4, 0.5) is 5.69 Å². The Kier molecular flexibility index (Phi) is 5.36. The number of amides is 1. The number of piperazine rings is 1. The highest BCUT2D eigenvalue weighted by Crippen LogP contribution is 2.14. The van der Waals surface area contributed by atoms with Crippen molar-refractivity contribution in [2.24, 2.45) is 0 Å². The molecule has 25 heavy (non-hydrogen) atoms. The van der Waals surface area contributed by atoms with Crippen LogP contribution in [0.1, 0.15) is 10.5 Å². The minimum Gasteiger partial charge on any atom is -0.349 e. The maximum atomic E-state index is 12.2. The van der Waals surface area contributed by atoms with Gasteiger partial charge in [-0.15, -0.1) is 0 Å². The van der Waals surface area contributed by atoms with Gasteiger partial charge in [-0.3, -0.25) is 19.8 Å². The second-order valence-corrected chi connectivity index (χ2v) is 5.77. The molecule has 3 rings (SSSR count). The Labute approximate surface area is 144 Å². The number of benzene rings is 1. The third-order valence-corrected chi connectivity index (χ3v) is 4.07. The van der Waals surface area contributed by atoms with Crippen LogP contribution >= 0.6 is 0 Å². The fraction of sp³-hybridized carbons (Fsp3) is 0.375. The van der Waals surface area contributed by atoms with Crippen LogP contribution in [0, 0.1) is 10.1 Å². The first-order valence-corrected chi connectivity index (χ1v) is 8.15. The minimum absolute atomic E-state index is 0.0155. The van der Waals surface area contributed by atoms with Gasteiger partial charge >= 0.3 is 0 Å². The molecule has 132 valence electrons. The molecule has 2 heterocycles. The minimum atomic E-state index is -0.454. The number of nitrogens with one attached hydrogen (secondary N) is 2. The van der Waals surface area contributed by atoms with Crippen molar-refractivity contribution in [3.8, 4) is 5.69 Å². The Morgan fingerprint density at radius 1 is 1.24 bits per heavy atom. The number of hydrogen-bond donors (Lipinski definition) is 2. The number of non-ortho nitro benzene ring substituents is 1. The average molecular weight is 344 g/mol. The Morgan fingerprint density at radius 3 is 2.64 bits per heavy atom. The van der Waals surface area contributed by atoms with Gasteiger partial charge < -0.3 is 10.6 Å². The van der Waals surface area contributed by atoms with Crippen molar-refractivity contribution in [3.05, 3.63) is 52.3 Å². The predicted octanol–water partition coefficient (Wildman–Crippen LogP) is 0.416. The molecule has 1 aliphatic rings. The SMILES string of the molecule is O=C(NCCN1CCNCC1)c1ccn(-c2ccc([N+](=O)[O-])cc2)n1. The molecule has 1 aromatic heterocycles. The van der Waals surface area contributed by atoms with Crippen LogP contribution in [0.5, 0.6) is 0 Å². The normalized spacial score (nSPS) is 15.0. The van der Waals surface area contributed by atoms with E-state index >= 15 is 0 Å². The smallest absolute Gasteiger partial charge is 0.271 e. The first-order valence-electron chi connectivity index (χ1n) is 8.15. The van der Waals surface area contributed by atoms with Gasteiger partial charge in [-0.25, -0.2) is 4.68 Å². The van der Waals surface area contributed by atoms with E-state index in [-0.39, 0.29) is 11.6 Å². The zero-order chi connectivity index (χ0) is 17.6. The molecule has 9 nitrogen and oxygen atoms in total. The molecule has 1 saturated heterocycles. The summed E-state index contributed by atoms with van der Waals surface area (Å²) in [5, 5.41) is 21.1. The number of carbonyl (C=O) groups is 1. The summed E-state index contributed by atoms with van der Waals surface area (Å²) in [6, 6.07) is 7.63. The van der Waals surface area contributed by atoms with Crippen LogP contribution in [0.25, 0.3) is 5.69 Å². The zero-order valence-electron chi connectivity index (χ0n) is 13.7. The van der Waals surface area contributed by atoms with Crippen molar-refractivity contribution in [3.63, 3.8) is 0 Å². The van der Waals surface area contributed by atoms with Gasteiger partial charge in [0.2, 0.25) is 0 Å². The molecule has 1 aromatic carbocycles. The zero-order valence-corrected chi connectivity index (χ0v) is 13.7. The molecule has 2 N–H and O–H groups in total. The lowest BCUT2D eigenvalue weighted by Gasteiger charge is -2.26. The summed E-state index contributed by atoms with van der Waals surface area (Å²) < 4.78 is 1.52. The molecule has 0 radical (unpaired) electrons. The van der Waals surface area contributed by atoms with Gasteiger partial charge in [-0.05, 0) is 18.2 Å². The van der Waals surface area contributed by atoms with Crippen LogP contribution in [0.2, 0.25) is 0 Å². The fourth-order valence-corrected chi connectivity index (χ4v) is 2.67. The summed E-state index contributed by atoms with van der Waals surface area (Å²) in [5.41, 5.74) is 0.992. The lowest BCUT2D eigenvalue weighted by molar-refractivity contribution is -0.384. The van der Waals surface area contributed by atoms with Gasteiger partial charge in [0.15, 0.2) is 5.69 Å². The van der Waals surface area contributed by atoms with Crippen LogP contribution in [-0.2, 0) is 0 Å². The van der Waals surface area contributed by atoms with E-state index in [0.717, 1.165) is 32.7 Å². The Morgan fingerprint density at radius 2 is 1.96 bits per heavy atom. The highest BCUT2D eigenvalue weighted by molar-refractivity contribution is 5.92. The fourth-order valence-electron chi connectivity index (χ4n) is 2.67. The average Bonchev–Trinajstić information content (AvgIpc) is 3.13. The molecule has 0 saturated carbocycles. The first kappa shape index (κ1) is 17.1. The van der Waals surface area contributed by atoms with E-state index in [1.165, 1.54) is 16.8 Å². The maximum Gasteiger partial charge on any atom is 0.271 e. The quantitative estimate of drug-likeness (QED) is 0.581. The molecular weight excluding hydrogens is 324 g/mol. The van der Waals surface area contributed by atoms with E-state index in [2.05, 4.69) is 20.6 Å². The number of nitrogens with zero attached hydrogens (tertiary/aromatic N) is 4.